The molecule has 0 heterocycles. The van der Waals surface area contributed by atoms with E-state index in [0.717, 1.165) is 27.8 Å². The van der Waals surface area contributed by atoms with Gasteiger partial charge in [0, 0.05) is 0 Å². The minimum Gasteiger partial charge on any atom is -0.344 e. The van der Waals surface area contributed by atoms with Gasteiger partial charge in [-0.2, -0.15) is 0 Å². The standard InChI is InChI=1S/C32H34N2O3S/c1-23(2)26-16-18-29(19-17-26)34(38(36,37)30-20-12-25(4)13-21-30)22-31(35)33-32(27-8-6-5-7-9-27)28-14-10-24(3)11-15-28/h5-21,23,32H,22H2,1-4H3,(H,33,35). The molecule has 5 nitrogen and oxygen atoms in total. The van der Waals surface area contributed by atoms with Gasteiger partial charge in [-0.1, -0.05) is 104 Å². The Hall–Kier alpha value is -3.90. The van der Waals surface area contributed by atoms with Crippen LogP contribution in [0, 0.1) is 13.8 Å². The summed E-state index contributed by atoms with van der Waals surface area (Å²) in [7, 11) is -4.00. The van der Waals surface area contributed by atoms with E-state index in [0.29, 0.717) is 11.6 Å². The molecule has 0 radical (unpaired) electrons. The van der Waals surface area contributed by atoms with Crippen molar-refractivity contribution in [2.75, 3.05) is 10.8 Å². The number of nitrogens with zero attached hydrogens (tertiary/aromatic N) is 1. The lowest BCUT2D eigenvalue weighted by Crippen LogP contribution is -2.42. The second-order valence-electron chi connectivity index (χ2n) is 9.89. The molecule has 1 N–H and O–H groups in total. The van der Waals surface area contributed by atoms with Crippen LogP contribution in [0.1, 0.15) is 53.6 Å². The zero-order valence-electron chi connectivity index (χ0n) is 22.3. The van der Waals surface area contributed by atoms with Crippen LogP contribution in [0.25, 0.3) is 0 Å². The van der Waals surface area contributed by atoms with Gasteiger partial charge in [-0.05, 0) is 60.7 Å². The molecule has 196 valence electrons. The molecule has 0 spiro atoms. The molecule has 1 amide bonds. The Morgan fingerprint density at radius 2 is 1.21 bits per heavy atom. The Morgan fingerprint density at radius 1 is 0.711 bits per heavy atom. The molecule has 0 aliphatic rings. The number of hydrogen-bond acceptors (Lipinski definition) is 3. The minimum absolute atomic E-state index is 0.141. The Morgan fingerprint density at radius 3 is 1.76 bits per heavy atom. The summed E-state index contributed by atoms with van der Waals surface area (Å²) in [6.07, 6.45) is 0. The molecule has 0 saturated carbocycles. The summed E-state index contributed by atoms with van der Waals surface area (Å²) in [6, 6.07) is 31.3. The van der Waals surface area contributed by atoms with Gasteiger partial charge < -0.3 is 5.32 Å². The first-order chi connectivity index (χ1) is 18.1. The highest BCUT2D eigenvalue weighted by Crippen LogP contribution is 2.27. The van der Waals surface area contributed by atoms with E-state index >= 15 is 0 Å². The van der Waals surface area contributed by atoms with Crippen molar-refractivity contribution in [1.29, 1.82) is 0 Å². The van der Waals surface area contributed by atoms with Crippen molar-refractivity contribution in [2.24, 2.45) is 0 Å². The van der Waals surface area contributed by atoms with E-state index in [1.165, 1.54) is 4.31 Å². The van der Waals surface area contributed by atoms with Crippen LogP contribution >= 0.6 is 0 Å². The van der Waals surface area contributed by atoms with Gasteiger partial charge in [-0.3, -0.25) is 9.10 Å². The lowest BCUT2D eigenvalue weighted by molar-refractivity contribution is -0.120. The summed E-state index contributed by atoms with van der Waals surface area (Å²) in [4.78, 5) is 13.7. The Labute approximate surface area is 226 Å². The second-order valence-corrected chi connectivity index (χ2v) is 11.8. The number of carbonyl (C=O) groups excluding carboxylic acids is 1. The molecule has 1 atom stereocenters. The molecular formula is C32H34N2O3S. The third kappa shape index (κ3) is 6.32. The predicted octanol–water partition coefficient (Wildman–Crippen LogP) is 6.53. The number of nitrogens with one attached hydrogen (secondary N) is 1. The van der Waals surface area contributed by atoms with Crippen molar-refractivity contribution >= 4 is 21.6 Å². The van der Waals surface area contributed by atoms with Crippen LogP contribution in [0.15, 0.2) is 108 Å². The number of carbonyl (C=O) groups is 1. The maximum atomic E-state index is 13.8. The zero-order chi connectivity index (χ0) is 27.3. The molecule has 4 aromatic carbocycles. The van der Waals surface area contributed by atoms with E-state index in [1.807, 2.05) is 80.6 Å². The lowest BCUT2D eigenvalue weighted by atomic mass is 9.98. The zero-order valence-corrected chi connectivity index (χ0v) is 23.1. The summed E-state index contributed by atoms with van der Waals surface area (Å²) in [5, 5.41) is 3.09. The number of benzene rings is 4. The maximum absolute atomic E-state index is 13.8. The monoisotopic (exact) mass is 526 g/mol. The van der Waals surface area contributed by atoms with E-state index in [-0.39, 0.29) is 11.4 Å². The van der Waals surface area contributed by atoms with Crippen LogP contribution in [0.4, 0.5) is 5.69 Å². The van der Waals surface area contributed by atoms with Crippen LogP contribution in [-0.4, -0.2) is 20.9 Å². The number of aryl methyl sites for hydroxylation is 2. The highest BCUT2D eigenvalue weighted by atomic mass is 32.2. The van der Waals surface area contributed by atoms with Gasteiger partial charge in [0.25, 0.3) is 10.0 Å². The van der Waals surface area contributed by atoms with Gasteiger partial charge in [0.1, 0.15) is 6.54 Å². The fourth-order valence-corrected chi connectivity index (χ4v) is 5.70. The van der Waals surface area contributed by atoms with Gasteiger partial charge in [0.2, 0.25) is 5.91 Å². The molecule has 0 aromatic heterocycles. The lowest BCUT2D eigenvalue weighted by Gasteiger charge is -2.26. The number of anilines is 1. The Balaban J connectivity index is 1.69. The SMILES string of the molecule is Cc1ccc(C(NC(=O)CN(c2ccc(C(C)C)cc2)S(=O)(=O)c2ccc(C)cc2)c2ccccc2)cc1. The van der Waals surface area contributed by atoms with Crippen molar-refractivity contribution in [1.82, 2.24) is 5.32 Å². The largest absolute Gasteiger partial charge is 0.344 e. The second kappa shape index (κ2) is 11.7. The third-order valence-corrected chi connectivity index (χ3v) is 8.38. The topological polar surface area (TPSA) is 66.5 Å². The van der Waals surface area contributed by atoms with Crippen LogP contribution in [0.5, 0.6) is 0 Å². The smallest absolute Gasteiger partial charge is 0.264 e. The van der Waals surface area contributed by atoms with Gasteiger partial charge in [0.15, 0.2) is 0 Å². The summed E-state index contributed by atoms with van der Waals surface area (Å²) in [5.74, 6) is -0.0984. The molecule has 6 heteroatoms. The number of rotatable bonds is 9. The predicted molar refractivity (Wildman–Crippen MR) is 154 cm³/mol. The third-order valence-electron chi connectivity index (χ3n) is 6.59. The molecule has 38 heavy (non-hydrogen) atoms. The maximum Gasteiger partial charge on any atom is 0.264 e. The minimum atomic E-state index is -4.00. The van der Waals surface area contributed by atoms with E-state index < -0.39 is 22.0 Å². The van der Waals surface area contributed by atoms with Gasteiger partial charge in [-0.15, -0.1) is 0 Å². The fourth-order valence-electron chi connectivity index (χ4n) is 4.28. The van der Waals surface area contributed by atoms with Gasteiger partial charge in [0.05, 0.1) is 16.6 Å². The summed E-state index contributed by atoms with van der Waals surface area (Å²) < 4.78 is 28.8. The number of amides is 1. The average molecular weight is 527 g/mol. The first-order valence-electron chi connectivity index (χ1n) is 12.8. The van der Waals surface area contributed by atoms with Crippen LogP contribution in [-0.2, 0) is 14.8 Å². The van der Waals surface area contributed by atoms with Crippen molar-refractivity contribution in [3.05, 3.63) is 131 Å². The van der Waals surface area contributed by atoms with Crippen molar-refractivity contribution in [2.45, 2.75) is 44.6 Å². The van der Waals surface area contributed by atoms with E-state index in [9.17, 15) is 13.2 Å². The molecule has 0 fully saturated rings. The first kappa shape index (κ1) is 27.1. The molecule has 4 aromatic rings. The quantitative estimate of drug-likeness (QED) is 0.270. The molecule has 1 unspecified atom stereocenters. The Bertz CT molecular complexity index is 1460. The highest BCUT2D eigenvalue weighted by Gasteiger charge is 2.28. The number of sulfonamides is 1. The van der Waals surface area contributed by atoms with Crippen LogP contribution < -0.4 is 9.62 Å². The first-order valence-corrected chi connectivity index (χ1v) is 14.2. The summed E-state index contributed by atoms with van der Waals surface area (Å²) in [5.41, 5.74) is 5.44. The molecule has 0 aliphatic heterocycles. The molecule has 4 rings (SSSR count). The fraction of sp³-hybridized carbons (Fsp3) is 0.219. The molecule has 0 bridgehead atoms. The van der Waals surface area contributed by atoms with E-state index in [4.69, 9.17) is 0 Å². The normalized spacial score (nSPS) is 12.2. The van der Waals surface area contributed by atoms with Crippen LogP contribution in [0.2, 0.25) is 0 Å². The van der Waals surface area contributed by atoms with Crippen molar-refractivity contribution in [3.8, 4) is 0 Å². The molecular weight excluding hydrogens is 492 g/mol. The van der Waals surface area contributed by atoms with Crippen LogP contribution in [0.3, 0.4) is 0 Å². The summed E-state index contributed by atoms with van der Waals surface area (Å²) >= 11 is 0. The molecule has 0 aliphatic carbocycles. The molecule has 0 saturated heterocycles. The number of hydrogen-bond donors (Lipinski definition) is 1. The highest BCUT2D eigenvalue weighted by molar-refractivity contribution is 7.92. The van der Waals surface area contributed by atoms with Crippen molar-refractivity contribution < 1.29 is 13.2 Å². The Kier molecular flexibility index (Phi) is 8.32. The van der Waals surface area contributed by atoms with E-state index in [2.05, 4.69) is 19.2 Å². The van der Waals surface area contributed by atoms with Gasteiger partial charge in [-0.25, -0.2) is 8.42 Å². The average Bonchev–Trinajstić information content (AvgIpc) is 2.92. The van der Waals surface area contributed by atoms with Gasteiger partial charge >= 0.3 is 0 Å². The van der Waals surface area contributed by atoms with Crippen molar-refractivity contribution in [3.63, 3.8) is 0 Å². The van der Waals surface area contributed by atoms with E-state index in [1.54, 1.807) is 36.4 Å². The summed E-state index contributed by atoms with van der Waals surface area (Å²) in [6.45, 7) is 7.72.